The minimum absolute atomic E-state index is 0.106. The number of hydrogen-bond donors (Lipinski definition) is 1. The van der Waals surface area contributed by atoms with E-state index < -0.39 is 23.5 Å². The van der Waals surface area contributed by atoms with Crippen LogP contribution in [0.15, 0.2) is 42.5 Å². The lowest BCUT2D eigenvalue weighted by atomic mass is 10.1. The SMILES string of the molecule is Cc1ccc(NC(=O)N2CCN(c3cc(C(F)(F)F)cc(C(F)(F)F)c3)CC2)cc1. The van der Waals surface area contributed by atoms with Gasteiger partial charge in [0.2, 0.25) is 0 Å². The molecule has 0 spiro atoms. The second-order valence-corrected chi connectivity index (χ2v) is 7.03. The summed E-state index contributed by atoms with van der Waals surface area (Å²) in [4.78, 5) is 15.2. The van der Waals surface area contributed by atoms with Gasteiger partial charge in [-0.1, -0.05) is 17.7 Å². The van der Waals surface area contributed by atoms with E-state index in [1.54, 1.807) is 12.1 Å². The van der Waals surface area contributed by atoms with Crippen molar-refractivity contribution < 1.29 is 31.1 Å². The van der Waals surface area contributed by atoms with Crippen molar-refractivity contribution in [1.29, 1.82) is 0 Å². The predicted molar refractivity (Wildman–Crippen MR) is 100 cm³/mol. The Bertz CT molecular complexity index is 868. The molecule has 1 fully saturated rings. The molecular formula is C20H19F6N3O. The number of rotatable bonds is 2. The molecular weight excluding hydrogens is 412 g/mol. The van der Waals surface area contributed by atoms with E-state index in [0.717, 1.165) is 5.56 Å². The summed E-state index contributed by atoms with van der Waals surface area (Å²) in [5, 5.41) is 2.72. The van der Waals surface area contributed by atoms with Crippen LogP contribution in [0.5, 0.6) is 0 Å². The Hall–Kier alpha value is -2.91. The van der Waals surface area contributed by atoms with Gasteiger partial charge in [0, 0.05) is 37.6 Å². The molecule has 2 aromatic carbocycles. The summed E-state index contributed by atoms with van der Waals surface area (Å²) in [6, 6.07) is 8.29. The van der Waals surface area contributed by atoms with Gasteiger partial charge in [0.1, 0.15) is 0 Å². The molecule has 1 N–H and O–H groups in total. The van der Waals surface area contributed by atoms with Crippen molar-refractivity contribution >= 4 is 17.4 Å². The molecule has 10 heteroatoms. The zero-order chi connectivity index (χ0) is 22.1. The molecule has 4 nitrogen and oxygen atoms in total. The zero-order valence-electron chi connectivity index (χ0n) is 15.9. The first-order valence-corrected chi connectivity index (χ1v) is 9.10. The number of alkyl halides is 6. The molecule has 0 saturated carbocycles. The van der Waals surface area contributed by atoms with Crippen molar-refractivity contribution in [3.8, 4) is 0 Å². The molecule has 2 amide bonds. The molecule has 1 aliphatic rings. The smallest absolute Gasteiger partial charge is 0.368 e. The Kier molecular flexibility index (Phi) is 5.87. The van der Waals surface area contributed by atoms with E-state index in [0.29, 0.717) is 17.8 Å². The number of carbonyl (C=O) groups excluding carboxylic acids is 1. The van der Waals surface area contributed by atoms with Crippen molar-refractivity contribution in [2.75, 3.05) is 36.4 Å². The van der Waals surface area contributed by atoms with Crippen molar-refractivity contribution in [3.05, 3.63) is 59.2 Å². The molecule has 0 atom stereocenters. The fraction of sp³-hybridized carbons (Fsp3) is 0.350. The molecule has 0 unspecified atom stereocenters. The standard InChI is InChI=1S/C20H19F6N3O/c1-13-2-4-16(5-3-13)27-18(30)29-8-6-28(7-9-29)17-11-14(19(21,22)23)10-15(12-17)20(24,25)26/h2-5,10-12H,6-9H2,1H3,(H,27,30). The van der Waals surface area contributed by atoms with Crippen LogP contribution in [0, 0.1) is 6.92 Å². The van der Waals surface area contributed by atoms with Crippen LogP contribution in [0.2, 0.25) is 0 Å². The number of halogens is 6. The molecule has 2 aromatic rings. The highest BCUT2D eigenvalue weighted by Crippen LogP contribution is 2.38. The second-order valence-electron chi connectivity index (χ2n) is 7.03. The van der Waals surface area contributed by atoms with E-state index in [4.69, 9.17) is 0 Å². The largest absolute Gasteiger partial charge is 0.416 e. The summed E-state index contributed by atoms with van der Waals surface area (Å²) in [6.07, 6.45) is -9.79. The highest BCUT2D eigenvalue weighted by atomic mass is 19.4. The summed E-state index contributed by atoms with van der Waals surface area (Å²) < 4.78 is 78.3. The third kappa shape index (κ3) is 5.17. The maximum absolute atomic E-state index is 13.1. The van der Waals surface area contributed by atoms with Crippen molar-refractivity contribution in [3.63, 3.8) is 0 Å². The Morgan fingerprint density at radius 1 is 0.833 bits per heavy atom. The number of amides is 2. The molecule has 0 aromatic heterocycles. The second kappa shape index (κ2) is 8.08. The molecule has 30 heavy (non-hydrogen) atoms. The van der Waals surface area contributed by atoms with E-state index >= 15 is 0 Å². The van der Waals surface area contributed by atoms with Gasteiger partial charge in [0.25, 0.3) is 0 Å². The normalized spacial score (nSPS) is 15.3. The van der Waals surface area contributed by atoms with Crippen molar-refractivity contribution in [2.24, 2.45) is 0 Å². The van der Waals surface area contributed by atoms with Gasteiger partial charge in [0.05, 0.1) is 11.1 Å². The van der Waals surface area contributed by atoms with Gasteiger partial charge < -0.3 is 15.1 Å². The highest BCUT2D eigenvalue weighted by molar-refractivity contribution is 5.89. The first-order valence-electron chi connectivity index (χ1n) is 9.10. The molecule has 0 bridgehead atoms. The van der Waals surface area contributed by atoms with E-state index in [1.165, 1.54) is 9.80 Å². The van der Waals surface area contributed by atoms with Crippen LogP contribution in [0.25, 0.3) is 0 Å². The van der Waals surface area contributed by atoms with Crippen LogP contribution in [-0.2, 0) is 12.4 Å². The lowest BCUT2D eigenvalue weighted by Gasteiger charge is -2.36. The Balaban J connectivity index is 1.71. The number of hydrogen-bond acceptors (Lipinski definition) is 2. The van der Waals surface area contributed by atoms with Crippen molar-refractivity contribution in [1.82, 2.24) is 4.90 Å². The fourth-order valence-corrected chi connectivity index (χ4v) is 3.13. The maximum atomic E-state index is 13.1. The Morgan fingerprint density at radius 3 is 1.80 bits per heavy atom. The van der Waals surface area contributed by atoms with E-state index in [-0.39, 0.29) is 44.0 Å². The van der Waals surface area contributed by atoms with Crippen LogP contribution in [0.4, 0.5) is 42.5 Å². The van der Waals surface area contributed by atoms with Gasteiger partial charge in [-0.05, 0) is 37.3 Å². The molecule has 1 aliphatic heterocycles. The maximum Gasteiger partial charge on any atom is 0.416 e. The minimum atomic E-state index is -4.90. The summed E-state index contributed by atoms with van der Waals surface area (Å²) in [7, 11) is 0. The Morgan fingerprint density at radius 2 is 1.33 bits per heavy atom. The average molecular weight is 431 g/mol. The third-order valence-corrected chi connectivity index (χ3v) is 4.81. The molecule has 0 radical (unpaired) electrons. The summed E-state index contributed by atoms with van der Waals surface area (Å²) in [5.74, 6) is 0. The zero-order valence-corrected chi connectivity index (χ0v) is 15.9. The average Bonchev–Trinajstić information content (AvgIpc) is 2.68. The lowest BCUT2D eigenvalue weighted by Crippen LogP contribution is -2.50. The monoisotopic (exact) mass is 431 g/mol. The van der Waals surface area contributed by atoms with Gasteiger partial charge in [-0.3, -0.25) is 0 Å². The number of urea groups is 1. The number of piperazine rings is 1. The molecule has 162 valence electrons. The fourth-order valence-electron chi connectivity index (χ4n) is 3.13. The number of aryl methyl sites for hydroxylation is 1. The summed E-state index contributed by atoms with van der Waals surface area (Å²) >= 11 is 0. The van der Waals surface area contributed by atoms with Crippen molar-refractivity contribution in [2.45, 2.75) is 19.3 Å². The van der Waals surface area contributed by atoms with Crippen LogP contribution in [-0.4, -0.2) is 37.1 Å². The Labute approximate surface area is 169 Å². The van der Waals surface area contributed by atoms with E-state index in [9.17, 15) is 31.1 Å². The first kappa shape index (κ1) is 21.8. The van der Waals surface area contributed by atoms with E-state index in [1.807, 2.05) is 19.1 Å². The van der Waals surface area contributed by atoms with Crippen LogP contribution < -0.4 is 10.2 Å². The highest BCUT2D eigenvalue weighted by Gasteiger charge is 2.37. The van der Waals surface area contributed by atoms with Crippen LogP contribution in [0.3, 0.4) is 0 Å². The van der Waals surface area contributed by atoms with Gasteiger partial charge in [-0.15, -0.1) is 0 Å². The van der Waals surface area contributed by atoms with Gasteiger partial charge in [-0.2, -0.15) is 26.3 Å². The number of nitrogens with zero attached hydrogens (tertiary/aromatic N) is 2. The predicted octanol–water partition coefficient (Wildman–Crippen LogP) is 5.39. The number of anilines is 2. The lowest BCUT2D eigenvalue weighted by molar-refractivity contribution is -0.143. The quantitative estimate of drug-likeness (QED) is 0.648. The first-order chi connectivity index (χ1) is 13.9. The number of nitrogens with one attached hydrogen (secondary N) is 1. The summed E-state index contributed by atoms with van der Waals surface area (Å²) in [6.45, 7) is 2.45. The minimum Gasteiger partial charge on any atom is -0.368 e. The van der Waals surface area contributed by atoms with Gasteiger partial charge in [0.15, 0.2) is 0 Å². The summed E-state index contributed by atoms with van der Waals surface area (Å²) in [5.41, 5.74) is -1.25. The molecule has 1 saturated heterocycles. The van der Waals surface area contributed by atoms with Crippen LogP contribution in [0.1, 0.15) is 16.7 Å². The molecule has 0 aliphatic carbocycles. The van der Waals surface area contributed by atoms with E-state index in [2.05, 4.69) is 5.32 Å². The van der Waals surface area contributed by atoms with Gasteiger partial charge >= 0.3 is 18.4 Å². The molecule has 3 rings (SSSR count). The number of benzene rings is 2. The van der Waals surface area contributed by atoms with Gasteiger partial charge in [-0.25, -0.2) is 4.79 Å². The molecule has 1 heterocycles. The number of carbonyl (C=O) groups is 1. The van der Waals surface area contributed by atoms with Crippen LogP contribution >= 0.6 is 0 Å². The third-order valence-electron chi connectivity index (χ3n) is 4.81. The topological polar surface area (TPSA) is 35.6 Å².